The van der Waals surface area contributed by atoms with Crippen LogP contribution in [-0.2, 0) is 6.54 Å². The second-order valence-corrected chi connectivity index (χ2v) is 4.05. The zero-order valence-electron chi connectivity index (χ0n) is 10.6. The minimum Gasteiger partial charge on any atom is -0.354 e. The van der Waals surface area contributed by atoms with Gasteiger partial charge in [0.05, 0.1) is 6.54 Å². The molecule has 0 aromatic carbocycles. The van der Waals surface area contributed by atoms with Crippen molar-refractivity contribution in [2.24, 2.45) is 0 Å². The first-order valence-corrected chi connectivity index (χ1v) is 5.64. The average Bonchev–Trinajstić information content (AvgIpc) is 2.73. The molecule has 0 saturated heterocycles. The summed E-state index contributed by atoms with van der Waals surface area (Å²) in [4.78, 5) is 19.7. The number of amides is 1. The molecule has 0 spiro atoms. The first kappa shape index (κ1) is 12.2. The molecule has 0 bridgehead atoms. The molecule has 6 nitrogen and oxygen atoms in total. The van der Waals surface area contributed by atoms with Crippen molar-refractivity contribution in [3.8, 4) is 0 Å². The van der Waals surface area contributed by atoms with Gasteiger partial charge in [0.25, 0.3) is 5.91 Å². The Hall–Kier alpha value is -2.24. The Kier molecular flexibility index (Phi) is 3.36. The van der Waals surface area contributed by atoms with Crippen molar-refractivity contribution in [3.63, 3.8) is 0 Å². The first-order valence-electron chi connectivity index (χ1n) is 5.64. The molecule has 0 atom stereocenters. The molecular formula is C12H15N5O. The third-order valence-electron chi connectivity index (χ3n) is 2.61. The van der Waals surface area contributed by atoms with Gasteiger partial charge < -0.3 is 5.32 Å². The van der Waals surface area contributed by atoms with Gasteiger partial charge in [-0.15, -0.1) is 0 Å². The molecule has 0 fully saturated rings. The minimum absolute atomic E-state index is 0.183. The largest absolute Gasteiger partial charge is 0.354 e. The molecule has 2 heterocycles. The lowest BCUT2D eigenvalue weighted by Crippen LogP contribution is -2.18. The lowest BCUT2D eigenvalue weighted by atomic mass is 10.3. The van der Waals surface area contributed by atoms with E-state index < -0.39 is 0 Å². The second kappa shape index (κ2) is 4.95. The Morgan fingerprint density at radius 1 is 1.33 bits per heavy atom. The Morgan fingerprint density at radius 2 is 2.00 bits per heavy atom. The maximum atomic E-state index is 11.5. The fourth-order valence-electron chi connectivity index (χ4n) is 1.58. The SMILES string of the molecule is CNC(=O)c1cc(C)n(Cc2cnc(C)nc2)n1. The molecule has 0 aliphatic carbocycles. The Morgan fingerprint density at radius 3 is 2.61 bits per heavy atom. The highest BCUT2D eigenvalue weighted by Gasteiger charge is 2.10. The van der Waals surface area contributed by atoms with Gasteiger partial charge in [0.2, 0.25) is 0 Å². The standard InChI is InChI=1S/C12H15N5O/c1-8-4-11(12(18)13-3)16-17(8)7-10-5-14-9(2)15-6-10/h4-6H,7H2,1-3H3,(H,13,18). The van der Waals surface area contributed by atoms with E-state index >= 15 is 0 Å². The van der Waals surface area contributed by atoms with Crippen LogP contribution in [0.1, 0.15) is 27.6 Å². The van der Waals surface area contributed by atoms with E-state index in [1.54, 1.807) is 30.2 Å². The van der Waals surface area contributed by atoms with Crippen molar-refractivity contribution in [2.45, 2.75) is 20.4 Å². The zero-order chi connectivity index (χ0) is 13.1. The van der Waals surface area contributed by atoms with E-state index in [0.29, 0.717) is 12.2 Å². The molecule has 1 N–H and O–H groups in total. The molecule has 0 saturated carbocycles. The van der Waals surface area contributed by atoms with Crippen molar-refractivity contribution >= 4 is 5.91 Å². The fourth-order valence-corrected chi connectivity index (χ4v) is 1.58. The van der Waals surface area contributed by atoms with Gasteiger partial charge in [-0.25, -0.2) is 9.97 Å². The third kappa shape index (κ3) is 2.53. The van der Waals surface area contributed by atoms with E-state index in [-0.39, 0.29) is 5.91 Å². The highest BCUT2D eigenvalue weighted by molar-refractivity contribution is 5.92. The van der Waals surface area contributed by atoms with Gasteiger partial charge in [0, 0.05) is 30.7 Å². The Bertz CT molecular complexity index is 558. The number of hydrogen-bond donors (Lipinski definition) is 1. The summed E-state index contributed by atoms with van der Waals surface area (Å²) in [6.07, 6.45) is 3.53. The number of nitrogens with one attached hydrogen (secondary N) is 1. The highest BCUT2D eigenvalue weighted by atomic mass is 16.1. The van der Waals surface area contributed by atoms with E-state index in [2.05, 4.69) is 20.4 Å². The van der Waals surface area contributed by atoms with Gasteiger partial charge in [0.15, 0.2) is 0 Å². The van der Waals surface area contributed by atoms with Crippen LogP contribution in [0.15, 0.2) is 18.5 Å². The molecule has 2 aromatic heterocycles. The monoisotopic (exact) mass is 245 g/mol. The van der Waals surface area contributed by atoms with Crippen LogP contribution in [0.4, 0.5) is 0 Å². The maximum Gasteiger partial charge on any atom is 0.271 e. The predicted molar refractivity (Wildman–Crippen MR) is 66.2 cm³/mol. The maximum absolute atomic E-state index is 11.5. The molecule has 94 valence electrons. The van der Waals surface area contributed by atoms with Crippen molar-refractivity contribution in [1.29, 1.82) is 0 Å². The summed E-state index contributed by atoms with van der Waals surface area (Å²) in [5, 5.41) is 6.80. The van der Waals surface area contributed by atoms with Gasteiger partial charge in [0.1, 0.15) is 11.5 Å². The van der Waals surface area contributed by atoms with Crippen LogP contribution >= 0.6 is 0 Å². The quantitative estimate of drug-likeness (QED) is 0.863. The minimum atomic E-state index is -0.183. The molecule has 0 unspecified atom stereocenters. The Labute approximate surface area is 105 Å². The number of carbonyl (C=O) groups is 1. The third-order valence-corrected chi connectivity index (χ3v) is 2.61. The molecule has 2 rings (SSSR count). The van der Waals surface area contributed by atoms with Crippen molar-refractivity contribution in [1.82, 2.24) is 25.1 Å². The number of carbonyl (C=O) groups excluding carboxylic acids is 1. The molecule has 1 amide bonds. The number of aryl methyl sites for hydroxylation is 2. The topological polar surface area (TPSA) is 72.7 Å². The molecular weight excluding hydrogens is 230 g/mol. The van der Waals surface area contributed by atoms with Gasteiger partial charge in [-0.05, 0) is 19.9 Å². The van der Waals surface area contributed by atoms with E-state index in [4.69, 9.17) is 0 Å². The second-order valence-electron chi connectivity index (χ2n) is 4.05. The molecule has 0 aliphatic rings. The first-order chi connectivity index (χ1) is 8.60. The lowest BCUT2D eigenvalue weighted by molar-refractivity contribution is 0.0957. The smallest absolute Gasteiger partial charge is 0.271 e. The van der Waals surface area contributed by atoms with Crippen LogP contribution in [0.2, 0.25) is 0 Å². The van der Waals surface area contributed by atoms with Gasteiger partial charge in [-0.1, -0.05) is 0 Å². The molecule has 0 radical (unpaired) electrons. The van der Waals surface area contributed by atoms with Crippen LogP contribution in [-0.4, -0.2) is 32.7 Å². The number of rotatable bonds is 3. The molecule has 2 aromatic rings. The van der Waals surface area contributed by atoms with Crippen molar-refractivity contribution in [2.75, 3.05) is 7.05 Å². The van der Waals surface area contributed by atoms with Crippen molar-refractivity contribution < 1.29 is 4.79 Å². The normalized spacial score (nSPS) is 10.4. The van der Waals surface area contributed by atoms with Gasteiger partial charge in [-0.2, -0.15) is 5.10 Å². The fraction of sp³-hybridized carbons (Fsp3) is 0.333. The highest BCUT2D eigenvalue weighted by Crippen LogP contribution is 2.06. The number of hydrogen-bond acceptors (Lipinski definition) is 4. The van der Waals surface area contributed by atoms with E-state index in [1.807, 2.05) is 13.8 Å². The summed E-state index contributed by atoms with van der Waals surface area (Å²) in [7, 11) is 1.59. The summed E-state index contributed by atoms with van der Waals surface area (Å²) in [6, 6.07) is 1.76. The van der Waals surface area contributed by atoms with Crippen LogP contribution in [0.25, 0.3) is 0 Å². The average molecular weight is 245 g/mol. The Balaban J connectivity index is 2.21. The van der Waals surface area contributed by atoms with Crippen LogP contribution in [0.5, 0.6) is 0 Å². The molecule has 6 heteroatoms. The number of nitrogens with zero attached hydrogens (tertiary/aromatic N) is 4. The van der Waals surface area contributed by atoms with Crippen molar-refractivity contribution in [3.05, 3.63) is 41.2 Å². The summed E-state index contributed by atoms with van der Waals surface area (Å²) in [5.74, 6) is 0.555. The van der Waals surface area contributed by atoms with E-state index in [9.17, 15) is 4.79 Å². The number of aromatic nitrogens is 4. The van der Waals surface area contributed by atoms with Crippen LogP contribution < -0.4 is 5.32 Å². The van der Waals surface area contributed by atoms with Crippen LogP contribution in [0, 0.1) is 13.8 Å². The summed E-state index contributed by atoms with van der Waals surface area (Å²) >= 11 is 0. The lowest BCUT2D eigenvalue weighted by Gasteiger charge is -2.03. The summed E-state index contributed by atoms with van der Waals surface area (Å²) < 4.78 is 1.76. The van der Waals surface area contributed by atoms with E-state index in [1.165, 1.54) is 0 Å². The van der Waals surface area contributed by atoms with E-state index in [0.717, 1.165) is 17.1 Å². The molecule has 0 aliphatic heterocycles. The van der Waals surface area contributed by atoms with Gasteiger partial charge in [-0.3, -0.25) is 9.48 Å². The summed E-state index contributed by atoms with van der Waals surface area (Å²) in [6.45, 7) is 4.31. The zero-order valence-corrected chi connectivity index (χ0v) is 10.6. The predicted octanol–water partition coefficient (Wildman–Crippen LogP) is 0.698. The van der Waals surface area contributed by atoms with Gasteiger partial charge >= 0.3 is 0 Å². The summed E-state index contributed by atoms with van der Waals surface area (Å²) in [5.41, 5.74) is 2.30. The molecule has 18 heavy (non-hydrogen) atoms. The van der Waals surface area contributed by atoms with Crippen LogP contribution in [0.3, 0.4) is 0 Å².